The Kier molecular flexibility index (Phi) is 7.47. The van der Waals surface area contributed by atoms with Gasteiger partial charge in [0.15, 0.2) is 0 Å². The van der Waals surface area contributed by atoms with Crippen LogP contribution in [0.2, 0.25) is 0 Å². The van der Waals surface area contributed by atoms with Gasteiger partial charge in [-0.25, -0.2) is 13.1 Å². The Hall–Kier alpha value is -1.20. The topological polar surface area (TPSA) is 94.9 Å². The van der Waals surface area contributed by atoms with Gasteiger partial charge in [0, 0.05) is 25.5 Å². The summed E-state index contributed by atoms with van der Waals surface area (Å²) in [6, 6.07) is 3.14. The summed E-state index contributed by atoms with van der Waals surface area (Å²) in [5.41, 5.74) is 0.222. The van der Waals surface area contributed by atoms with Crippen LogP contribution in [0, 0.1) is 11.3 Å². The summed E-state index contributed by atoms with van der Waals surface area (Å²) < 4.78 is 26.0. The van der Waals surface area contributed by atoms with Crippen LogP contribution in [0.25, 0.3) is 0 Å². The van der Waals surface area contributed by atoms with Gasteiger partial charge in [-0.05, 0) is 12.6 Å². The van der Waals surface area contributed by atoms with Crippen molar-refractivity contribution >= 4 is 22.4 Å². The molecular weight excluding hydrogens is 276 g/mol. The smallest absolute Gasteiger partial charge is 0.242 e. The molecule has 0 bridgehead atoms. The molecule has 1 rings (SSSR count). The lowest BCUT2D eigenvalue weighted by Gasteiger charge is -2.06. The molecule has 0 aliphatic heterocycles. The van der Waals surface area contributed by atoms with Crippen molar-refractivity contribution in [2.75, 3.05) is 19.6 Å². The van der Waals surface area contributed by atoms with Gasteiger partial charge < -0.3 is 5.32 Å². The maximum Gasteiger partial charge on any atom is 0.242 e. The number of hydrogen-bond acceptors (Lipinski definition) is 5. The summed E-state index contributed by atoms with van der Waals surface area (Å²) >= 11 is 0. The number of nitrogens with zero attached hydrogens (tertiary/aromatic N) is 2. The van der Waals surface area contributed by atoms with E-state index in [0.717, 1.165) is 6.54 Å². The number of aromatic nitrogens is 1. The van der Waals surface area contributed by atoms with E-state index in [0.29, 0.717) is 13.1 Å². The third-order valence-corrected chi connectivity index (χ3v) is 3.42. The van der Waals surface area contributed by atoms with Gasteiger partial charge in [0.1, 0.15) is 11.0 Å². The summed E-state index contributed by atoms with van der Waals surface area (Å²) in [6.07, 6.45) is 2.54. The van der Waals surface area contributed by atoms with Crippen LogP contribution in [0.3, 0.4) is 0 Å². The average Bonchev–Trinajstić information content (AvgIpc) is 2.35. The number of nitriles is 1. The van der Waals surface area contributed by atoms with E-state index < -0.39 is 10.0 Å². The van der Waals surface area contributed by atoms with E-state index >= 15 is 0 Å². The Morgan fingerprint density at radius 1 is 1.39 bits per heavy atom. The molecule has 1 aromatic rings. The van der Waals surface area contributed by atoms with Crippen molar-refractivity contribution in [3.63, 3.8) is 0 Å². The molecule has 0 radical (unpaired) electrons. The molecule has 1 aromatic heterocycles. The highest BCUT2D eigenvalue weighted by atomic mass is 35.5. The Morgan fingerprint density at radius 2 is 2.11 bits per heavy atom. The molecule has 0 unspecified atom stereocenters. The van der Waals surface area contributed by atoms with Crippen molar-refractivity contribution in [1.29, 1.82) is 5.26 Å². The number of rotatable bonds is 6. The molecule has 0 spiro atoms. The molecule has 0 saturated carbocycles. The van der Waals surface area contributed by atoms with Gasteiger partial charge in [-0.15, -0.1) is 12.4 Å². The highest BCUT2D eigenvalue weighted by Crippen LogP contribution is 2.08. The van der Waals surface area contributed by atoms with Crippen LogP contribution in [-0.4, -0.2) is 33.0 Å². The first kappa shape index (κ1) is 16.8. The second-order valence-corrected chi connectivity index (χ2v) is 5.04. The molecule has 0 atom stereocenters. The molecule has 0 fully saturated rings. The number of sulfonamides is 1. The van der Waals surface area contributed by atoms with E-state index in [9.17, 15) is 8.42 Å². The maximum atomic E-state index is 11.8. The summed E-state index contributed by atoms with van der Waals surface area (Å²) in [5, 5.41) is 11.7. The largest absolute Gasteiger partial charge is 0.316 e. The van der Waals surface area contributed by atoms with Crippen LogP contribution in [-0.2, 0) is 10.0 Å². The maximum absolute atomic E-state index is 11.8. The molecule has 0 saturated heterocycles. The van der Waals surface area contributed by atoms with Crippen LogP contribution < -0.4 is 10.0 Å². The van der Waals surface area contributed by atoms with Gasteiger partial charge >= 0.3 is 0 Å². The number of likely N-dealkylation sites (N-methyl/N-ethyl adjacent to an activating group) is 1. The molecule has 8 heteroatoms. The zero-order valence-electron chi connectivity index (χ0n) is 9.88. The predicted molar refractivity (Wildman–Crippen MR) is 69.9 cm³/mol. The van der Waals surface area contributed by atoms with Crippen LogP contribution in [0.4, 0.5) is 0 Å². The number of nitrogens with one attached hydrogen (secondary N) is 2. The number of hydrogen-bond donors (Lipinski definition) is 2. The fourth-order valence-corrected chi connectivity index (χ4v) is 2.18. The first-order valence-corrected chi connectivity index (χ1v) is 6.64. The quantitative estimate of drug-likeness (QED) is 0.733. The molecule has 18 heavy (non-hydrogen) atoms. The zero-order valence-corrected chi connectivity index (χ0v) is 11.5. The molecule has 0 aliphatic rings. The molecule has 6 nitrogen and oxygen atoms in total. The van der Waals surface area contributed by atoms with Gasteiger partial charge in [0.2, 0.25) is 10.0 Å². The van der Waals surface area contributed by atoms with E-state index in [1.165, 1.54) is 18.5 Å². The molecule has 0 aliphatic carbocycles. The Balaban J connectivity index is 0.00000289. The van der Waals surface area contributed by atoms with Crippen molar-refractivity contribution in [2.24, 2.45) is 0 Å². The standard InChI is InChI=1S/C10H14N4O2S.ClH/c1-2-12-3-4-14-17(15,16)10-5-9(6-11)7-13-8-10;/h5,7-8,12,14H,2-4H2,1H3;1H. The Bertz CT molecular complexity index is 513. The van der Waals surface area contributed by atoms with Gasteiger partial charge in [0.05, 0.1) is 5.56 Å². The first-order valence-electron chi connectivity index (χ1n) is 5.15. The lowest BCUT2D eigenvalue weighted by molar-refractivity contribution is 0.577. The average molecular weight is 291 g/mol. The van der Waals surface area contributed by atoms with Gasteiger partial charge in [-0.2, -0.15) is 5.26 Å². The predicted octanol–water partition coefficient (Wildman–Crippen LogP) is 0.263. The van der Waals surface area contributed by atoms with Crippen LogP contribution >= 0.6 is 12.4 Å². The van der Waals surface area contributed by atoms with Crippen molar-refractivity contribution in [3.8, 4) is 6.07 Å². The van der Waals surface area contributed by atoms with Gasteiger partial charge in [-0.3, -0.25) is 4.98 Å². The van der Waals surface area contributed by atoms with Crippen molar-refractivity contribution in [3.05, 3.63) is 24.0 Å². The third-order valence-electron chi connectivity index (χ3n) is 2.00. The van der Waals surface area contributed by atoms with Crippen LogP contribution in [0.1, 0.15) is 12.5 Å². The highest BCUT2D eigenvalue weighted by molar-refractivity contribution is 7.89. The highest BCUT2D eigenvalue weighted by Gasteiger charge is 2.13. The summed E-state index contributed by atoms with van der Waals surface area (Å²) in [4.78, 5) is 3.72. The Morgan fingerprint density at radius 3 is 2.72 bits per heavy atom. The van der Waals surface area contributed by atoms with Crippen LogP contribution in [0.5, 0.6) is 0 Å². The monoisotopic (exact) mass is 290 g/mol. The summed E-state index contributed by atoms with van der Waals surface area (Å²) in [6.45, 7) is 3.58. The third kappa shape index (κ3) is 4.98. The minimum Gasteiger partial charge on any atom is -0.316 e. The van der Waals surface area contributed by atoms with Gasteiger partial charge in [0.25, 0.3) is 0 Å². The zero-order chi connectivity index (χ0) is 12.7. The molecule has 0 aromatic carbocycles. The lowest BCUT2D eigenvalue weighted by Crippen LogP contribution is -2.31. The van der Waals surface area contributed by atoms with Crippen molar-refractivity contribution in [1.82, 2.24) is 15.0 Å². The minimum atomic E-state index is -3.58. The minimum absolute atomic E-state index is 0. The fourth-order valence-electron chi connectivity index (χ4n) is 1.16. The molecule has 0 amide bonds. The Labute approximate surface area is 113 Å². The fraction of sp³-hybridized carbons (Fsp3) is 0.400. The molecular formula is C10H15ClN4O2S. The number of halogens is 1. The van der Waals surface area contributed by atoms with E-state index in [-0.39, 0.29) is 22.9 Å². The molecule has 100 valence electrons. The van der Waals surface area contributed by atoms with E-state index in [1.807, 2.05) is 13.0 Å². The van der Waals surface area contributed by atoms with Gasteiger partial charge in [-0.1, -0.05) is 6.92 Å². The normalized spacial score (nSPS) is 10.4. The van der Waals surface area contributed by atoms with E-state index in [4.69, 9.17) is 5.26 Å². The molecule has 2 N–H and O–H groups in total. The lowest BCUT2D eigenvalue weighted by atomic mass is 10.3. The first-order chi connectivity index (χ1) is 8.10. The second-order valence-electron chi connectivity index (χ2n) is 3.27. The van der Waals surface area contributed by atoms with Crippen molar-refractivity contribution in [2.45, 2.75) is 11.8 Å². The van der Waals surface area contributed by atoms with E-state index in [1.54, 1.807) is 0 Å². The molecule has 1 heterocycles. The van der Waals surface area contributed by atoms with Crippen molar-refractivity contribution < 1.29 is 8.42 Å². The number of pyridine rings is 1. The second kappa shape index (κ2) is 8.00. The van der Waals surface area contributed by atoms with E-state index in [2.05, 4.69) is 15.0 Å². The summed E-state index contributed by atoms with van der Waals surface area (Å²) in [7, 11) is -3.58. The summed E-state index contributed by atoms with van der Waals surface area (Å²) in [5.74, 6) is 0. The SMILES string of the molecule is CCNCCNS(=O)(=O)c1cncc(C#N)c1.Cl. The van der Waals surface area contributed by atoms with Crippen LogP contribution in [0.15, 0.2) is 23.4 Å².